The highest BCUT2D eigenvalue weighted by atomic mass is 16.5. The molecule has 3 heterocycles. The van der Waals surface area contributed by atoms with Crippen LogP contribution >= 0.6 is 0 Å². The van der Waals surface area contributed by atoms with Crippen LogP contribution in [-0.4, -0.2) is 86.1 Å². The normalized spacial score (nSPS) is 23.3. The second kappa shape index (κ2) is 8.21. The van der Waals surface area contributed by atoms with Gasteiger partial charge < -0.3 is 19.3 Å². The first-order valence-corrected chi connectivity index (χ1v) is 8.95. The van der Waals surface area contributed by atoms with Crippen LogP contribution in [0.2, 0.25) is 0 Å². The van der Waals surface area contributed by atoms with Gasteiger partial charge in [0.2, 0.25) is 0 Å². The van der Waals surface area contributed by atoms with E-state index >= 15 is 0 Å². The van der Waals surface area contributed by atoms with Crippen molar-refractivity contribution in [3.8, 4) is 0 Å². The summed E-state index contributed by atoms with van der Waals surface area (Å²) in [6, 6.07) is 1.73. The van der Waals surface area contributed by atoms with Crippen LogP contribution in [0.1, 0.15) is 23.2 Å². The van der Waals surface area contributed by atoms with Gasteiger partial charge in [-0.05, 0) is 24.3 Å². The number of nitrogens with zero attached hydrogens (tertiary/aromatic N) is 4. The minimum absolute atomic E-state index is 0.0577. The predicted octanol–water partition coefficient (Wildman–Crippen LogP) is 0.924. The number of rotatable bonds is 6. The highest BCUT2D eigenvalue weighted by Gasteiger charge is 2.48. The number of ether oxygens (including phenoxy) is 2. The molecule has 0 aliphatic carbocycles. The Kier molecular flexibility index (Phi) is 5.98. The summed E-state index contributed by atoms with van der Waals surface area (Å²) in [6.07, 6.45) is 5.16. The molecule has 0 aromatic carbocycles. The van der Waals surface area contributed by atoms with Crippen LogP contribution in [0.3, 0.4) is 0 Å². The number of carbonyl (C=O) groups is 1. The van der Waals surface area contributed by atoms with E-state index in [0.717, 1.165) is 58.8 Å². The van der Waals surface area contributed by atoms with Gasteiger partial charge in [-0.25, -0.2) is 0 Å². The zero-order valence-electron chi connectivity index (χ0n) is 15.2. The van der Waals surface area contributed by atoms with Crippen molar-refractivity contribution in [3.05, 3.63) is 24.0 Å². The number of methoxy groups -OCH3 is 2. The van der Waals surface area contributed by atoms with Gasteiger partial charge in [0.15, 0.2) is 0 Å². The number of hydrogen-bond acceptors (Lipinski definition) is 6. The van der Waals surface area contributed by atoms with Crippen LogP contribution in [0, 0.1) is 11.3 Å². The molecule has 2 saturated heterocycles. The van der Waals surface area contributed by atoms with Crippen LogP contribution in [0.5, 0.6) is 0 Å². The molecule has 1 aromatic rings. The summed E-state index contributed by atoms with van der Waals surface area (Å²) in [6.45, 7) is 6.21. The Morgan fingerprint density at radius 3 is 2.72 bits per heavy atom. The number of piperidine rings is 1. The molecule has 25 heavy (non-hydrogen) atoms. The van der Waals surface area contributed by atoms with Crippen LogP contribution in [0.25, 0.3) is 0 Å². The fourth-order valence-corrected chi connectivity index (χ4v) is 4.29. The van der Waals surface area contributed by atoms with Crippen LogP contribution < -0.4 is 0 Å². The summed E-state index contributed by atoms with van der Waals surface area (Å²) in [4.78, 5) is 17.1. The molecule has 138 valence electrons. The third-order valence-electron chi connectivity index (χ3n) is 5.74. The van der Waals surface area contributed by atoms with E-state index < -0.39 is 0 Å². The smallest absolute Gasteiger partial charge is 0.255 e. The minimum Gasteiger partial charge on any atom is -0.384 e. The lowest BCUT2D eigenvalue weighted by molar-refractivity contribution is 0.0320. The van der Waals surface area contributed by atoms with Crippen molar-refractivity contribution in [2.75, 3.05) is 60.2 Å². The van der Waals surface area contributed by atoms with E-state index in [9.17, 15) is 4.79 Å². The maximum atomic E-state index is 12.6. The molecule has 2 fully saturated rings. The average Bonchev–Trinajstić information content (AvgIpc) is 2.98. The lowest BCUT2D eigenvalue weighted by Crippen LogP contribution is -2.47. The molecule has 2 aliphatic rings. The second-order valence-corrected chi connectivity index (χ2v) is 7.17. The summed E-state index contributed by atoms with van der Waals surface area (Å²) < 4.78 is 10.7. The first-order valence-electron chi connectivity index (χ1n) is 8.95. The van der Waals surface area contributed by atoms with E-state index in [4.69, 9.17) is 9.47 Å². The quantitative estimate of drug-likeness (QED) is 0.762. The topological polar surface area (TPSA) is 67.8 Å². The van der Waals surface area contributed by atoms with E-state index in [0.29, 0.717) is 11.5 Å². The molecule has 0 unspecified atom stereocenters. The molecule has 0 bridgehead atoms. The van der Waals surface area contributed by atoms with Crippen molar-refractivity contribution in [2.45, 2.75) is 12.8 Å². The number of aromatic nitrogens is 2. The van der Waals surface area contributed by atoms with Gasteiger partial charge in [0.1, 0.15) is 0 Å². The second-order valence-electron chi connectivity index (χ2n) is 7.17. The Labute approximate surface area is 149 Å². The number of likely N-dealkylation sites (tertiary alicyclic amines) is 2. The lowest BCUT2D eigenvalue weighted by atomic mass is 9.71. The van der Waals surface area contributed by atoms with Crippen LogP contribution in [-0.2, 0) is 9.47 Å². The van der Waals surface area contributed by atoms with E-state index in [1.54, 1.807) is 32.7 Å². The van der Waals surface area contributed by atoms with Crippen molar-refractivity contribution in [1.82, 2.24) is 20.0 Å². The maximum Gasteiger partial charge on any atom is 0.255 e. The molecule has 1 spiro atoms. The van der Waals surface area contributed by atoms with Crippen molar-refractivity contribution >= 4 is 5.91 Å². The molecule has 0 saturated carbocycles. The summed E-state index contributed by atoms with van der Waals surface area (Å²) in [5.74, 6) is 0.580. The molecule has 3 rings (SSSR count). The fourth-order valence-electron chi connectivity index (χ4n) is 4.29. The Balaban J connectivity index is 1.63. The van der Waals surface area contributed by atoms with Crippen molar-refractivity contribution in [1.29, 1.82) is 0 Å². The van der Waals surface area contributed by atoms with Gasteiger partial charge in [0.25, 0.3) is 5.91 Å². The zero-order chi connectivity index (χ0) is 17.7. The first-order chi connectivity index (χ1) is 12.2. The number of carbonyl (C=O) groups excluding carboxylic acids is 1. The van der Waals surface area contributed by atoms with Gasteiger partial charge in [0.05, 0.1) is 31.2 Å². The maximum absolute atomic E-state index is 12.6. The Hall–Kier alpha value is -1.57. The van der Waals surface area contributed by atoms with E-state index in [1.807, 2.05) is 4.90 Å². The van der Waals surface area contributed by atoms with E-state index in [-0.39, 0.29) is 11.3 Å². The third kappa shape index (κ3) is 3.99. The summed E-state index contributed by atoms with van der Waals surface area (Å²) in [7, 11) is 3.52. The standard InChI is InChI=1S/C18H28N4O3/c1-24-10-9-21-12-16(13-25-2)18(14-21)4-7-22(8-5-18)17(23)15-3-6-19-20-11-15/h3,6,11,16H,4-5,7-10,12-14H2,1-2H3/t16-/m1/s1. The predicted molar refractivity (Wildman–Crippen MR) is 93.3 cm³/mol. The van der Waals surface area contributed by atoms with Crippen LogP contribution in [0.4, 0.5) is 0 Å². The molecule has 1 amide bonds. The SMILES string of the molecule is COCCN1C[C@H](COC)C2(CCN(C(=O)c3ccnnc3)CC2)C1. The molecule has 1 atom stereocenters. The lowest BCUT2D eigenvalue weighted by Gasteiger charge is -2.42. The van der Waals surface area contributed by atoms with Crippen molar-refractivity contribution in [2.24, 2.45) is 11.3 Å². The summed E-state index contributed by atoms with van der Waals surface area (Å²) in [5, 5.41) is 7.56. The molecule has 0 N–H and O–H groups in total. The minimum atomic E-state index is 0.0577. The number of hydrogen-bond donors (Lipinski definition) is 0. The third-order valence-corrected chi connectivity index (χ3v) is 5.74. The van der Waals surface area contributed by atoms with E-state index in [2.05, 4.69) is 15.1 Å². The monoisotopic (exact) mass is 348 g/mol. The van der Waals surface area contributed by atoms with Gasteiger partial charge in [-0.1, -0.05) is 0 Å². The molecular formula is C18H28N4O3. The zero-order valence-corrected chi connectivity index (χ0v) is 15.2. The van der Waals surface area contributed by atoms with Gasteiger partial charge >= 0.3 is 0 Å². The molecule has 7 heteroatoms. The summed E-state index contributed by atoms with van der Waals surface area (Å²) >= 11 is 0. The molecule has 7 nitrogen and oxygen atoms in total. The van der Waals surface area contributed by atoms with Gasteiger partial charge in [0, 0.05) is 52.9 Å². The molecule has 2 aliphatic heterocycles. The van der Waals surface area contributed by atoms with Gasteiger partial charge in [-0.2, -0.15) is 10.2 Å². The van der Waals surface area contributed by atoms with Crippen LogP contribution in [0.15, 0.2) is 18.5 Å². The molecular weight excluding hydrogens is 320 g/mol. The largest absolute Gasteiger partial charge is 0.384 e. The van der Waals surface area contributed by atoms with Crippen molar-refractivity contribution < 1.29 is 14.3 Å². The number of amides is 1. The Morgan fingerprint density at radius 1 is 1.28 bits per heavy atom. The van der Waals surface area contributed by atoms with Gasteiger partial charge in [-0.15, -0.1) is 0 Å². The van der Waals surface area contributed by atoms with Gasteiger partial charge in [-0.3, -0.25) is 4.79 Å². The Bertz CT molecular complexity index is 561. The highest BCUT2D eigenvalue weighted by molar-refractivity contribution is 5.93. The molecule has 1 aromatic heterocycles. The van der Waals surface area contributed by atoms with Crippen molar-refractivity contribution in [3.63, 3.8) is 0 Å². The Morgan fingerprint density at radius 2 is 2.08 bits per heavy atom. The first kappa shape index (κ1) is 18.2. The fraction of sp³-hybridized carbons (Fsp3) is 0.722. The average molecular weight is 348 g/mol. The molecule has 0 radical (unpaired) electrons. The summed E-state index contributed by atoms with van der Waals surface area (Å²) in [5.41, 5.74) is 0.865. The highest BCUT2D eigenvalue weighted by Crippen LogP contribution is 2.44. The van der Waals surface area contributed by atoms with E-state index in [1.165, 1.54) is 0 Å².